The van der Waals surface area contributed by atoms with Gasteiger partial charge >= 0.3 is 0 Å². The molecule has 0 rings (SSSR count). The Hall–Kier alpha value is -1.71. The summed E-state index contributed by atoms with van der Waals surface area (Å²) in [6, 6.07) is 0. The van der Waals surface area contributed by atoms with E-state index >= 15 is 0 Å². The molecule has 0 aliphatic heterocycles. The minimum Gasteiger partial charge on any atom is -0.412 e. The van der Waals surface area contributed by atoms with Crippen molar-refractivity contribution < 1.29 is 15.4 Å². The second kappa shape index (κ2) is 74.6. The molecule has 0 amide bonds. The molecule has 0 aromatic rings. The number of allylic oxidation sites excluding steroid dienone is 6. The van der Waals surface area contributed by atoms with Crippen molar-refractivity contribution in [2.75, 3.05) is 6.61 Å². The lowest BCUT2D eigenvalue weighted by Crippen LogP contribution is -1.71. The summed E-state index contributed by atoms with van der Waals surface area (Å²) in [6.45, 7) is 22.7. The van der Waals surface area contributed by atoms with Gasteiger partial charge in [-0.1, -0.05) is 98.2 Å². The Balaban J connectivity index is -0.0000000272. The lowest BCUT2D eigenvalue weighted by molar-refractivity contribution is -0.107. The van der Waals surface area contributed by atoms with Crippen molar-refractivity contribution in [2.24, 2.45) is 5.92 Å². The second-order valence-electron chi connectivity index (χ2n) is 4.64. The summed E-state index contributed by atoms with van der Waals surface area (Å²) in [5.74, 6) is 0.648. The monoisotopic (exact) mass is 388 g/mol. The zero-order valence-electron chi connectivity index (χ0n) is 17.5. The van der Waals surface area contributed by atoms with E-state index in [1.807, 2.05) is 26.8 Å². The van der Waals surface area contributed by atoms with Gasteiger partial charge in [-0.2, -0.15) is 0 Å². The number of hydrogen-bond acceptors (Lipinski definition) is 2. The van der Waals surface area contributed by atoms with Gasteiger partial charge in [0.25, 0.3) is 0 Å². The Kier molecular flexibility index (Phi) is 138. The van der Waals surface area contributed by atoms with Crippen LogP contribution in [0, 0.1) is 5.92 Å². The topological polar surface area (TPSA) is 68.8 Å². The molecule has 3 heteroatoms. The van der Waals surface area contributed by atoms with Crippen LogP contribution in [0.1, 0.15) is 75.7 Å². The van der Waals surface area contributed by atoms with Crippen LogP contribution in [-0.4, -0.2) is 23.5 Å². The number of rotatable bonds is 6. The molecule has 0 fully saturated rings. The fourth-order valence-electron chi connectivity index (χ4n) is 0.459. The van der Waals surface area contributed by atoms with E-state index in [9.17, 15) is 4.79 Å². The summed E-state index contributed by atoms with van der Waals surface area (Å²) >= 11 is 0. The number of aldehydes is 1. The van der Waals surface area contributed by atoms with Gasteiger partial charge in [-0.25, -0.2) is 0 Å². The fraction of sp³-hybridized carbons (Fsp3) is 0.542. The SMILES string of the molecule is C.C.C/C=C/CC.C/C=C/CO.C=CC(C)C.C=CC=C.CCCC=O.O. The smallest absolute Gasteiger partial charge is 0.119 e. The summed E-state index contributed by atoms with van der Waals surface area (Å²) in [5.41, 5.74) is 0. The molecule has 0 aliphatic rings. The molecule has 0 radical (unpaired) electrons. The van der Waals surface area contributed by atoms with E-state index in [-0.39, 0.29) is 26.9 Å². The van der Waals surface area contributed by atoms with Crippen LogP contribution in [0.3, 0.4) is 0 Å². The van der Waals surface area contributed by atoms with E-state index in [0.29, 0.717) is 12.3 Å². The first-order valence-corrected chi connectivity index (χ1v) is 8.56. The first-order chi connectivity index (χ1) is 11.4. The van der Waals surface area contributed by atoms with Gasteiger partial charge in [0.1, 0.15) is 6.29 Å². The molecule has 0 atom stereocenters. The Bertz CT molecular complexity index is 259. The average Bonchev–Trinajstić information content (AvgIpc) is 2.59. The van der Waals surface area contributed by atoms with E-state index in [1.165, 1.54) is 0 Å². The van der Waals surface area contributed by atoms with Crippen molar-refractivity contribution in [1.29, 1.82) is 0 Å². The molecule has 0 heterocycles. The molecule has 0 spiro atoms. The van der Waals surface area contributed by atoms with Crippen LogP contribution in [0.5, 0.6) is 0 Å². The van der Waals surface area contributed by atoms with Gasteiger partial charge in [0, 0.05) is 6.42 Å². The number of unbranched alkanes of at least 4 members (excludes halogenated alkanes) is 1. The van der Waals surface area contributed by atoms with Gasteiger partial charge < -0.3 is 15.4 Å². The van der Waals surface area contributed by atoms with E-state index in [1.54, 1.807) is 24.3 Å². The molecule has 0 saturated heterocycles. The van der Waals surface area contributed by atoms with Crippen molar-refractivity contribution in [2.45, 2.75) is 75.7 Å². The molecule has 3 N–H and O–H groups in total. The fourth-order valence-corrected chi connectivity index (χ4v) is 0.459. The number of aliphatic hydroxyl groups is 1. The van der Waals surface area contributed by atoms with Crippen molar-refractivity contribution >= 4 is 6.29 Å². The third kappa shape index (κ3) is 227. The molecule has 27 heavy (non-hydrogen) atoms. The lowest BCUT2D eigenvalue weighted by atomic mass is 10.2. The Morgan fingerprint density at radius 2 is 1.30 bits per heavy atom. The summed E-state index contributed by atoms with van der Waals surface area (Å²) in [5, 5.41) is 7.98. The maximum absolute atomic E-state index is 9.40. The maximum Gasteiger partial charge on any atom is 0.119 e. The number of hydrogen-bond donors (Lipinski definition) is 1. The van der Waals surface area contributed by atoms with Gasteiger partial charge in [0.15, 0.2) is 0 Å². The predicted octanol–water partition coefficient (Wildman–Crippen LogP) is 7.15. The first-order valence-electron chi connectivity index (χ1n) is 8.56. The largest absolute Gasteiger partial charge is 0.412 e. The van der Waals surface area contributed by atoms with E-state index < -0.39 is 0 Å². The van der Waals surface area contributed by atoms with Crippen LogP contribution >= 0.6 is 0 Å². The van der Waals surface area contributed by atoms with Gasteiger partial charge in [-0.3, -0.25) is 0 Å². The van der Waals surface area contributed by atoms with Crippen LogP contribution in [0.15, 0.2) is 62.3 Å². The highest BCUT2D eigenvalue weighted by Crippen LogP contribution is 1.87. The van der Waals surface area contributed by atoms with E-state index in [2.05, 4.69) is 52.7 Å². The molecular formula is C24H52O3. The second-order valence-corrected chi connectivity index (χ2v) is 4.64. The Labute approximate surface area is 172 Å². The van der Waals surface area contributed by atoms with Crippen LogP contribution in [-0.2, 0) is 4.79 Å². The highest BCUT2D eigenvalue weighted by molar-refractivity contribution is 5.48. The third-order valence-corrected chi connectivity index (χ3v) is 1.86. The maximum atomic E-state index is 9.40. The summed E-state index contributed by atoms with van der Waals surface area (Å²) in [4.78, 5) is 9.40. The van der Waals surface area contributed by atoms with Gasteiger partial charge in [0.2, 0.25) is 0 Å². The molecule has 3 nitrogen and oxygen atoms in total. The van der Waals surface area contributed by atoms with Crippen LogP contribution in [0.25, 0.3) is 0 Å². The van der Waals surface area contributed by atoms with Gasteiger partial charge in [0.05, 0.1) is 6.61 Å². The molecule has 0 aromatic heterocycles. The first kappa shape index (κ1) is 49.9. The number of aliphatic hydroxyl groups excluding tert-OH is 1. The summed E-state index contributed by atoms with van der Waals surface area (Å²) < 4.78 is 0. The van der Waals surface area contributed by atoms with E-state index in [4.69, 9.17) is 5.11 Å². The molecule has 0 bridgehead atoms. The van der Waals surface area contributed by atoms with Crippen molar-refractivity contribution in [1.82, 2.24) is 0 Å². The zero-order chi connectivity index (χ0) is 20.1. The third-order valence-electron chi connectivity index (χ3n) is 1.86. The van der Waals surface area contributed by atoms with Crippen LogP contribution in [0.4, 0.5) is 0 Å². The van der Waals surface area contributed by atoms with Gasteiger partial charge in [-0.15, -0.1) is 6.58 Å². The lowest BCUT2D eigenvalue weighted by Gasteiger charge is -1.84. The molecule has 166 valence electrons. The molecule has 0 unspecified atom stereocenters. The predicted molar refractivity (Wildman–Crippen MR) is 130 cm³/mol. The quantitative estimate of drug-likeness (QED) is 0.298. The van der Waals surface area contributed by atoms with Gasteiger partial charge in [-0.05, 0) is 32.6 Å². The normalized spacial score (nSPS) is 7.41. The van der Waals surface area contributed by atoms with Crippen molar-refractivity contribution in [3.8, 4) is 0 Å². The van der Waals surface area contributed by atoms with Crippen LogP contribution in [0.2, 0.25) is 0 Å². The zero-order valence-corrected chi connectivity index (χ0v) is 17.5. The van der Waals surface area contributed by atoms with Crippen LogP contribution < -0.4 is 0 Å². The standard InChI is InChI=1S/2C5H10.2C4H8O.C4H6.2CH4.H2O/c1-4-5(2)3;1-3-5-4-2;2*1-2-3-4-5;1-3-4-2;;;/h4-5H,1H2,2-3H3;3,5H,4H2,1-2H3;4H,2-3H2,1H3;2-3,5H,4H2,1H3;3-4H,1-2H2;2*1H4;1H2/b;5-3+;;3-2+;;;;. The summed E-state index contributed by atoms with van der Waals surface area (Å²) in [7, 11) is 0. The number of carbonyl (C=O) groups excluding carboxylic acids is 1. The molecule has 0 saturated carbocycles. The molecule has 0 aliphatic carbocycles. The Morgan fingerprint density at radius 1 is 0.926 bits per heavy atom. The highest BCUT2D eigenvalue weighted by Gasteiger charge is 1.73. The average molecular weight is 389 g/mol. The highest BCUT2D eigenvalue weighted by atomic mass is 16.2. The number of carbonyl (C=O) groups is 1. The molecule has 0 aromatic carbocycles. The summed E-state index contributed by atoms with van der Waals surface area (Å²) in [6.07, 6.45) is 16.6. The van der Waals surface area contributed by atoms with Crippen molar-refractivity contribution in [3.05, 3.63) is 62.3 Å². The molecular weight excluding hydrogens is 336 g/mol. The Morgan fingerprint density at radius 3 is 1.30 bits per heavy atom. The van der Waals surface area contributed by atoms with Crippen molar-refractivity contribution in [3.63, 3.8) is 0 Å². The minimum absolute atomic E-state index is 0. The minimum atomic E-state index is 0. The van der Waals surface area contributed by atoms with E-state index in [0.717, 1.165) is 19.1 Å².